The second-order valence-corrected chi connectivity index (χ2v) is 11.4. The van der Waals surface area contributed by atoms with Crippen molar-refractivity contribution in [2.75, 3.05) is 25.1 Å². The average molecular weight is 692 g/mol. The molecule has 2 atom stereocenters. The van der Waals surface area contributed by atoms with Gasteiger partial charge in [-0.05, 0) is 60.9 Å². The maximum atomic E-state index is 14.8. The molecule has 2 aliphatic rings. The number of nitrogens with zero attached hydrogens (tertiary/aromatic N) is 3. The number of aryl methyl sites for hydroxylation is 1. The Labute approximate surface area is 266 Å². The fraction of sp³-hybridized carbons (Fsp3) is 0.387. The highest BCUT2D eigenvalue weighted by atomic mass is 19.4. The van der Waals surface area contributed by atoms with Crippen LogP contribution in [0.25, 0.3) is 11.1 Å². The van der Waals surface area contributed by atoms with Gasteiger partial charge < -0.3 is 19.5 Å². The second-order valence-electron chi connectivity index (χ2n) is 11.4. The van der Waals surface area contributed by atoms with Crippen LogP contribution in [0.15, 0.2) is 42.5 Å². The summed E-state index contributed by atoms with van der Waals surface area (Å²) in [7, 11) is 1.23. The van der Waals surface area contributed by atoms with Gasteiger partial charge in [-0.2, -0.15) is 26.3 Å². The number of hydrogen-bond acceptors (Lipinski definition) is 6. The lowest BCUT2D eigenvalue weighted by Crippen LogP contribution is -2.56. The number of aliphatic carboxylic acids is 1. The van der Waals surface area contributed by atoms with E-state index in [0.717, 1.165) is 11.0 Å². The van der Waals surface area contributed by atoms with Gasteiger partial charge in [0.15, 0.2) is 0 Å². The Balaban J connectivity index is 1.56. The van der Waals surface area contributed by atoms with Gasteiger partial charge in [-0.1, -0.05) is 0 Å². The van der Waals surface area contributed by atoms with E-state index in [1.807, 2.05) is 0 Å². The number of benzene rings is 2. The molecular formula is C31H26F9N3O5. The van der Waals surface area contributed by atoms with Crippen LogP contribution >= 0.6 is 0 Å². The topological polar surface area (TPSA) is 92.2 Å². The first-order chi connectivity index (χ1) is 22.3. The Kier molecular flexibility index (Phi) is 8.94. The van der Waals surface area contributed by atoms with E-state index in [2.05, 4.69) is 4.98 Å². The molecule has 0 aliphatic carbocycles. The summed E-state index contributed by atoms with van der Waals surface area (Å²) in [6.45, 7) is -0.469. The lowest BCUT2D eigenvalue weighted by atomic mass is 9.96. The summed E-state index contributed by atoms with van der Waals surface area (Å²) >= 11 is 0. The molecule has 0 radical (unpaired) electrons. The number of cyclic esters (lactones) is 1. The fourth-order valence-electron chi connectivity index (χ4n) is 5.58. The molecule has 3 heterocycles. The van der Waals surface area contributed by atoms with Crippen molar-refractivity contribution in [3.8, 4) is 16.9 Å². The molecule has 2 saturated heterocycles. The van der Waals surface area contributed by atoms with Crippen molar-refractivity contribution in [2.45, 2.75) is 56.7 Å². The highest BCUT2D eigenvalue weighted by Crippen LogP contribution is 2.43. The number of halogens is 9. The number of anilines is 1. The van der Waals surface area contributed by atoms with Crippen LogP contribution in [0.1, 0.15) is 47.4 Å². The fourth-order valence-corrected chi connectivity index (χ4v) is 5.58. The molecule has 1 N–H and O–H groups in total. The third kappa shape index (κ3) is 7.08. The first kappa shape index (κ1) is 34.6. The molecule has 5 rings (SSSR count). The van der Waals surface area contributed by atoms with Crippen LogP contribution in [-0.2, 0) is 34.8 Å². The number of aromatic nitrogens is 1. The molecule has 8 nitrogen and oxygen atoms in total. The summed E-state index contributed by atoms with van der Waals surface area (Å²) in [4.78, 5) is 31.0. The van der Waals surface area contributed by atoms with Crippen LogP contribution in [0.2, 0.25) is 0 Å². The van der Waals surface area contributed by atoms with Gasteiger partial charge in [0.1, 0.15) is 23.5 Å². The molecular weight excluding hydrogens is 665 g/mol. The van der Waals surface area contributed by atoms with Crippen molar-refractivity contribution in [1.82, 2.24) is 9.88 Å². The number of carbonyl (C=O) groups excluding carboxylic acids is 1. The first-order valence-corrected chi connectivity index (χ1v) is 14.3. The van der Waals surface area contributed by atoms with Crippen LogP contribution in [0.4, 0.5) is 50.1 Å². The van der Waals surface area contributed by atoms with Gasteiger partial charge in [0.2, 0.25) is 0 Å². The van der Waals surface area contributed by atoms with E-state index in [1.165, 1.54) is 37.1 Å². The van der Waals surface area contributed by atoms with Gasteiger partial charge >= 0.3 is 24.4 Å². The Morgan fingerprint density at radius 1 is 1.02 bits per heavy atom. The second kappa shape index (κ2) is 12.4. The Morgan fingerprint density at radius 3 is 2.19 bits per heavy atom. The third-order valence-electron chi connectivity index (χ3n) is 8.05. The molecule has 1 amide bonds. The van der Waals surface area contributed by atoms with Crippen LogP contribution in [0.3, 0.4) is 0 Å². The summed E-state index contributed by atoms with van der Waals surface area (Å²) in [5.74, 6) is -4.91. The number of ether oxygens (including phenoxy) is 2. The Hall–Kier alpha value is -4.70. The molecule has 1 aromatic heterocycles. The van der Waals surface area contributed by atoms with Crippen molar-refractivity contribution in [3.05, 3.63) is 76.2 Å². The minimum absolute atomic E-state index is 0.00959. The van der Waals surface area contributed by atoms with E-state index in [1.54, 1.807) is 0 Å². The van der Waals surface area contributed by atoms with Gasteiger partial charge in [-0.25, -0.2) is 22.9 Å². The maximum absolute atomic E-state index is 14.8. The molecule has 2 aliphatic heterocycles. The third-order valence-corrected chi connectivity index (χ3v) is 8.05. The number of carbonyl (C=O) groups is 2. The van der Waals surface area contributed by atoms with Crippen LogP contribution in [0.5, 0.6) is 5.75 Å². The molecule has 2 aromatic carbocycles. The first-order valence-electron chi connectivity index (χ1n) is 14.3. The van der Waals surface area contributed by atoms with E-state index in [0.29, 0.717) is 12.1 Å². The zero-order valence-electron chi connectivity index (χ0n) is 25.1. The number of carboxylic acids is 1. The zero-order chi connectivity index (χ0) is 35.3. The van der Waals surface area contributed by atoms with Crippen molar-refractivity contribution in [3.63, 3.8) is 0 Å². The highest BCUT2D eigenvalue weighted by molar-refractivity contribution is 5.76. The standard InChI is InChI=1S/C31H26F9N3O5/c1-15-27(17-7-18(30(35,36)37)10-19(8-17)31(38,39)40)48-28(46)43(15)12-23-20(4-5-25(41-23)42-13-29(33,34)14-42)21-9-16(3-6-26(44)45)22(32)11-24(21)47-2/h4-5,7-11,15,27H,3,6,12-14H2,1-2H3,(H,44,45)/t15-,27-/m0/s1. The molecule has 17 heteroatoms. The normalized spacial score (nSPS) is 19.3. The number of carboxylic acid groups (broad SMARTS) is 1. The maximum Gasteiger partial charge on any atom is 0.416 e. The molecule has 0 saturated carbocycles. The Bertz CT molecular complexity index is 1710. The largest absolute Gasteiger partial charge is 0.496 e. The Morgan fingerprint density at radius 2 is 1.65 bits per heavy atom. The lowest BCUT2D eigenvalue weighted by Gasteiger charge is -2.39. The molecule has 48 heavy (non-hydrogen) atoms. The smallest absolute Gasteiger partial charge is 0.416 e. The highest BCUT2D eigenvalue weighted by Gasteiger charge is 2.46. The SMILES string of the molecule is COc1cc(F)c(CCC(=O)O)cc1-c1ccc(N2CC(F)(F)C2)nc1CN1C(=O)O[C@H](c2cc(C(F)(F)F)cc(C(F)(F)F)c2)[C@@H]1C. The predicted molar refractivity (Wildman–Crippen MR) is 150 cm³/mol. The average Bonchev–Trinajstić information content (AvgIpc) is 3.26. The van der Waals surface area contributed by atoms with Crippen molar-refractivity contribution in [1.29, 1.82) is 0 Å². The summed E-state index contributed by atoms with van der Waals surface area (Å²) in [6, 6.07) is 4.87. The van der Waals surface area contributed by atoms with E-state index in [9.17, 15) is 49.1 Å². The van der Waals surface area contributed by atoms with Gasteiger partial charge in [-0.15, -0.1) is 0 Å². The summed E-state index contributed by atoms with van der Waals surface area (Å²) < 4.78 is 134. The number of hydrogen-bond donors (Lipinski definition) is 1. The summed E-state index contributed by atoms with van der Waals surface area (Å²) in [5.41, 5.74) is -3.37. The lowest BCUT2D eigenvalue weighted by molar-refractivity contribution is -0.143. The molecule has 0 unspecified atom stereocenters. The minimum Gasteiger partial charge on any atom is -0.496 e. The summed E-state index contributed by atoms with van der Waals surface area (Å²) in [5, 5.41) is 9.09. The number of rotatable bonds is 9. The van der Waals surface area contributed by atoms with Crippen LogP contribution in [-0.4, -0.2) is 59.2 Å². The van der Waals surface area contributed by atoms with E-state index in [-0.39, 0.29) is 46.4 Å². The quantitative estimate of drug-likeness (QED) is 0.233. The monoisotopic (exact) mass is 691 g/mol. The minimum atomic E-state index is -5.15. The van der Waals surface area contributed by atoms with Crippen LogP contribution < -0.4 is 9.64 Å². The van der Waals surface area contributed by atoms with Gasteiger partial charge in [0, 0.05) is 23.6 Å². The number of methoxy groups -OCH3 is 1. The molecule has 0 spiro atoms. The predicted octanol–water partition coefficient (Wildman–Crippen LogP) is 7.49. The molecule has 3 aromatic rings. The van der Waals surface area contributed by atoms with Crippen molar-refractivity contribution < 1.29 is 63.7 Å². The van der Waals surface area contributed by atoms with E-state index >= 15 is 0 Å². The van der Waals surface area contributed by atoms with E-state index in [4.69, 9.17) is 14.6 Å². The number of amides is 1. The van der Waals surface area contributed by atoms with Gasteiger partial charge in [-0.3, -0.25) is 9.69 Å². The zero-order valence-corrected chi connectivity index (χ0v) is 25.1. The number of pyridine rings is 1. The van der Waals surface area contributed by atoms with Gasteiger partial charge in [0.25, 0.3) is 5.92 Å². The molecule has 0 bridgehead atoms. The van der Waals surface area contributed by atoms with Crippen LogP contribution in [0, 0.1) is 5.82 Å². The molecule has 258 valence electrons. The van der Waals surface area contributed by atoms with E-state index < -0.39 is 91.0 Å². The van der Waals surface area contributed by atoms with Crippen molar-refractivity contribution in [2.24, 2.45) is 0 Å². The molecule has 2 fully saturated rings. The van der Waals surface area contributed by atoms with Crippen molar-refractivity contribution >= 4 is 17.9 Å². The number of alkyl halides is 8. The van der Waals surface area contributed by atoms with Gasteiger partial charge in [0.05, 0.1) is 49.6 Å². The summed E-state index contributed by atoms with van der Waals surface area (Å²) in [6.07, 6.45) is -13.6.